The Kier molecular flexibility index (Phi) is 2.26. The molecule has 0 bridgehead atoms. The zero-order valence-electron chi connectivity index (χ0n) is 6.55. The van der Waals surface area contributed by atoms with Crippen LogP contribution in [0.4, 0.5) is 0 Å². The number of carbonyl (C=O) groups is 1. The van der Waals surface area contributed by atoms with Crippen LogP contribution in [-0.2, 0) is 4.79 Å². The van der Waals surface area contributed by atoms with Crippen LogP contribution >= 0.6 is 0 Å². The quantitative estimate of drug-likeness (QED) is 0.633. The molecule has 0 radical (unpaired) electrons. The maximum atomic E-state index is 10.9. The summed E-state index contributed by atoms with van der Waals surface area (Å²) in [6, 6.07) is 0. The molecule has 0 aromatic carbocycles. The number of amides is 1. The van der Waals surface area contributed by atoms with E-state index in [0.717, 1.165) is 11.3 Å². The van der Waals surface area contributed by atoms with Gasteiger partial charge in [0.25, 0.3) is 0 Å². The van der Waals surface area contributed by atoms with Crippen LogP contribution in [0.15, 0.2) is 36.1 Å². The van der Waals surface area contributed by atoms with Crippen LogP contribution in [-0.4, -0.2) is 5.91 Å². The summed E-state index contributed by atoms with van der Waals surface area (Å²) in [5, 5.41) is 2.71. The molecule has 0 spiro atoms. The van der Waals surface area contributed by atoms with Gasteiger partial charge in [-0.3, -0.25) is 4.79 Å². The summed E-state index contributed by atoms with van der Waals surface area (Å²) in [7, 11) is 0. The van der Waals surface area contributed by atoms with Crippen molar-refractivity contribution in [3.63, 3.8) is 0 Å². The van der Waals surface area contributed by atoms with Gasteiger partial charge in [0.05, 0.1) is 6.42 Å². The predicted molar refractivity (Wildman–Crippen MR) is 44.8 cm³/mol. The molecule has 1 N–H and O–H groups in total. The number of rotatable bonds is 2. The van der Waals surface area contributed by atoms with Crippen molar-refractivity contribution in [1.82, 2.24) is 5.32 Å². The number of allylic oxidation sites excluding steroid dienone is 3. The summed E-state index contributed by atoms with van der Waals surface area (Å²) in [6.45, 7) is 5.53. The molecular formula is C9H11NO. The molecule has 0 aliphatic carbocycles. The van der Waals surface area contributed by atoms with E-state index in [2.05, 4.69) is 11.9 Å². The minimum atomic E-state index is 0.0491. The molecule has 1 aliphatic heterocycles. The summed E-state index contributed by atoms with van der Waals surface area (Å²) in [4.78, 5) is 10.9. The lowest BCUT2D eigenvalue weighted by molar-refractivity contribution is -0.118. The Hall–Kier alpha value is -1.31. The Labute approximate surface area is 66.3 Å². The van der Waals surface area contributed by atoms with Crippen LogP contribution in [0.1, 0.15) is 13.3 Å². The van der Waals surface area contributed by atoms with E-state index in [0.29, 0.717) is 6.42 Å². The van der Waals surface area contributed by atoms with Gasteiger partial charge in [0.15, 0.2) is 0 Å². The Bertz CT molecular complexity index is 248. The van der Waals surface area contributed by atoms with E-state index in [1.165, 1.54) is 0 Å². The minimum absolute atomic E-state index is 0.0491. The average Bonchev–Trinajstić information content (AvgIpc) is 2.32. The van der Waals surface area contributed by atoms with Crippen molar-refractivity contribution in [2.24, 2.45) is 0 Å². The Morgan fingerprint density at radius 2 is 2.36 bits per heavy atom. The molecule has 1 rings (SSSR count). The minimum Gasteiger partial charge on any atom is -0.326 e. The van der Waals surface area contributed by atoms with Crippen molar-refractivity contribution in [2.45, 2.75) is 13.3 Å². The first-order chi connectivity index (χ1) is 5.27. The predicted octanol–water partition coefficient (Wildman–Crippen LogP) is 1.52. The molecule has 0 saturated heterocycles. The second-order valence-corrected chi connectivity index (χ2v) is 2.37. The van der Waals surface area contributed by atoms with Gasteiger partial charge < -0.3 is 5.32 Å². The first-order valence-electron chi connectivity index (χ1n) is 3.56. The molecule has 0 fully saturated rings. The fourth-order valence-electron chi connectivity index (χ4n) is 1.07. The first kappa shape index (κ1) is 7.79. The molecule has 1 amide bonds. The van der Waals surface area contributed by atoms with Crippen LogP contribution < -0.4 is 5.32 Å². The van der Waals surface area contributed by atoms with Crippen LogP contribution in [0.25, 0.3) is 0 Å². The van der Waals surface area contributed by atoms with E-state index in [1.54, 1.807) is 6.08 Å². The second kappa shape index (κ2) is 3.19. The highest BCUT2D eigenvalue weighted by atomic mass is 16.1. The topological polar surface area (TPSA) is 29.1 Å². The molecule has 0 atom stereocenters. The molecule has 2 heteroatoms. The van der Waals surface area contributed by atoms with Crippen molar-refractivity contribution in [3.8, 4) is 0 Å². The van der Waals surface area contributed by atoms with Crippen LogP contribution in [0.2, 0.25) is 0 Å². The molecule has 0 aromatic heterocycles. The highest BCUT2D eigenvalue weighted by Gasteiger charge is 2.15. The van der Waals surface area contributed by atoms with Gasteiger partial charge in [-0.15, -0.1) is 0 Å². The number of nitrogens with one attached hydrogen (secondary N) is 1. The molecule has 0 unspecified atom stereocenters. The normalized spacial score (nSPS) is 17.7. The Balaban J connectivity index is 2.87. The fourth-order valence-corrected chi connectivity index (χ4v) is 1.07. The van der Waals surface area contributed by atoms with Crippen LogP contribution in [0.5, 0.6) is 0 Å². The summed E-state index contributed by atoms with van der Waals surface area (Å²) >= 11 is 0. The Morgan fingerprint density at radius 1 is 1.64 bits per heavy atom. The summed E-state index contributed by atoms with van der Waals surface area (Å²) in [5.41, 5.74) is 1.86. The van der Waals surface area contributed by atoms with E-state index in [4.69, 9.17) is 0 Å². The second-order valence-electron chi connectivity index (χ2n) is 2.37. The van der Waals surface area contributed by atoms with E-state index in [-0.39, 0.29) is 5.91 Å². The lowest BCUT2D eigenvalue weighted by Crippen LogP contribution is -2.13. The number of carbonyl (C=O) groups excluding carboxylic acids is 1. The van der Waals surface area contributed by atoms with Crippen LogP contribution in [0, 0.1) is 0 Å². The third kappa shape index (κ3) is 1.58. The summed E-state index contributed by atoms with van der Waals surface area (Å²) < 4.78 is 0. The van der Waals surface area contributed by atoms with Gasteiger partial charge in [-0.2, -0.15) is 0 Å². The zero-order chi connectivity index (χ0) is 8.27. The third-order valence-electron chi connectivity index (χ3n) is 1.54. The zero-order valence-corrected chi connectivity index (χ0v) is 6.55. The van der Waals surface area contributed by atoms with Gasteiger partial charge >= 0.3 is 0 Å². The molecule has 2 nitrogen and oxygen atoms in total. The average molecular weight is 149 g/mol. The molecular weight excluding hydrogens is 138 g/mol. The van der Waals surface area contributed by atoms with Crippen molar-refractivity contribution >= 4 is 5.91 Å². The molecule has 11 heavy (non-hydrogen) atoms. The standard InChI is InChI=1S/C9H11NO/c1-3-5-7-6-9(11)10-8(7)4-2/h3-5H,2,6H2,1H3,(H,10,11)/b5-3-. The van der Waals surface area contributed by atoms with Crippen molar-refractivity contribution in [3.05, 3.63) is 36.1 Å². The van der Waals surface area contributed by atoms with Gasteiger partial charge in [-0.05, 0) is 18.6 Å². The largest absolute Gasteiger partial charge is 0.326 e. The third-order valence-corrected chi connectivity index (χ3v) is 1.54. The van der Waals surface area contributed by atoms with Gasteiger partial charge in [0.1, 0.15) is 0 Å². The van der Waals surface area contributed by atoms with Gasteiger partial charge in [0, 0.05) is 5.70 Å². The lowest BCUT2D eigenvalue weighted by atomic mass is 10.2. The van der Waals surface area contributed by atoms with E-state index in [1.807, 2.05) is 19.1 Å². The van der Waals surface area contributed by atoms with E-state index in [9.17, 15) is 4.79 Å². The van der Waals surface area contributed by atoms with Crippen molar-refractivity contribution in [1.29, 1.82) is 0 Å². The van der Waals surface area contributed by atoms with E-state index >= 15 is 0 Å². The lowest BCUT2D eigenvalue weighted by Gasteiger charge is -1.93. The molecule has 1 heterocycles. The number of hydrogen-bond acceptors (Lipinski definition) is 1. The van der Waals surface area contributed by atoms with Crippen LogP contribution in [0.3, 0.4) is 0 Å². The fraction of sp³-hybridized carbons (Fsp3) is 0.222. The highest BCUT2D eigenvalue weighted by Crippen LogP contribution is 2.15. The number of hydrogen-bond donors (Lipinski definition) is 1. The smallest absolute Gasteiger partial charge is 0.228 e. The van der Waals surface area contributed by atoms with Crippen molar-refractivity contribution < 1.29 is 4.79 Å². The van der Waals surface area contributed by atoms with Gasteiger partial charge in [0.2, 0.25) is 5.91 Å². The Morgan fingerprint density at radius 3 is 2.91 bits per heavy atom. The van der Waals surface area contributed by atoms with Gasteiger partial charge in [-0.1, -0.05) is 18.7 Å². The van der Waals surface area contributed by atoms with Gasteiger partial charge in [-0.25, -0.2) is 0 Å². The molecule has 0 aromatic rings. The first-order valence-corrected chi connectivity index (χ1v) is 3.56. The van der Waals surface area contributed by atoms with Crippen molar-refractivity contribution in [2.75, 3.05) is 0 Å². The highest BCUT2D eigenvalue weighted by molar-refractivity contribution is 5.85. The van der Waals surface area contributed by atoms with E-state index < -0.39 is 0 Å². The SMILES string of the molecule is C=CC1=C(/C=C\C)CC(=O)N1. The summed E-state index contributed by atoms with van der Waals surface area (Å²) in [6.07, 6.45) is 5.99. The monoisotopic (exact) mass is 149 g/mol. The molecule has 0 saturated carbocycles. The summed E-state index contributed by atoms with van der Waals surface area (Å²) in [5.74, 6) is 0.0491. The maximum Gasteiger partial charge on any atom is 0.228 e. The molecule has 1 aliphatic rings. The maximum absolute atomic E-state index is 10.9. The molecule has 58 valence electrons.